The Morgan fingerprint density at radius 2 is 2.14 bits per heavy atom. The second kappa shape index (κ2) is 7.44. The second-order valence-corrected chi connectivity index (χ2v) is 6.64. The summed E-state index contributed by atoms with van der Waals surface area (Å²) in [7, 11) is 1.72. The minimum Gasteiger partial charge on any atom is -0.497 e. The molecule has 1 heterocycles. The molecule has 2 aliphatic rings. The number of ether oxygens (including phenoxy) is 1. The van der Waals surface area contributed by atoms with Crippen LogP contribution in [-0.2, 0) is 12.8 Å². The van der Waals surface area contributed by atoms with Crippen molar-refractivity contribution in [3.05, 3.63) is 29.3 Å². The van der Waals surface area contributed by atoms with E-state index in [1.807, 2.05) is 6.07 Å². The zero-order chi connectivity index (χ0) is 15.4. The normalized spacial score (nSPS) is 23.3. The van der Waals surface area contributed by atoms with Gasteiger partial charge in [-0.3, -0.25) is 0 Å². The minimum absolute atomic E-state index is 0.259. The lowest BCUT2D eigenvalue weighted by atomic mass is 9.88. The highest BCUT2D eigenvalue weighted by molar-refractivity contribution is 5.37. The first kappa shape index (κ1) is 15.8. The molecule has 122 valence electrons. The topological polar surface area (TPSA) is 44.7 Å². The molecule has 1 aromatic rings. The molecule has 1 aromatic carbocycles. The lowest BCUT2D eigenvalue weighted by Gasteiger charge is -2.28. The van der Waals surface area contributed by atoms with Gasteiger partial charge in [-0.05, 0) is 68.5 Å². The van der Waals surface area contributed by atoms with Crippen molar-refractivity contribution in [3.63, 3.8) is 0 Å². The lowest BCUT2D eigenvalue weighted by molar-refractivity contribution is 0.119. The maximum Gasteiger partial charge on any atom is 0.119 e. The number of benzene rings is 1. The van der Waals surface area contributed by atoms with Crippen LogP contribution in [0.5, 0.6) is 5.75 Å². The van der Waals surface area contributed by atoms with E-state index in [4.69, 9.17) is 4.74 Å². The summed E-state index contributed by atoms with van der Waals surface area (Å²) < 4.78 is 5.32. The van der Waals surface area contributed by atoms with Crippen LogP contribution < -0.4 is 10.1 Å². The highest BCUT2D eigenvalue weighted by Crippen LogP contribution is 2.25. The molecule has 3 rings (SSSR count). The zero-order valence-electron chi connectivity index (χ0n) is 13.6. The van der Waals surface area contributed by atoms with Crippen molar-refractivity contribution in [2.75, 3.05) is 33.3 Å². The summed E-state index contributed by atoms with van der Waals surface area (Å²) in [6, 6.07) is 6.86. The van der Waals surface area contributed by atoms with Gasteiger partial charge in [-0.25, -0.2) is 0 Å². The van der Waals surface area contributed by atoms with Crippen LogP contribution in [0.4, 0.5) is 0 Å². The molecule has 0 radical (unpaired) electrons. The smallest absolute Gasteiger partial charge is 0.119 e. The average Bonchev–Trinajstić information content (AvgIpc) is 3.05. The Hall–Kier alpha value is -1.10. The van der Waals surface area contributed by atoms with Gasteiger partial charge in [0.1, 0.15) is 5.75 Å². The molecule has 4 heteroatoms. The van der Waals surface area contributed by atoms with Crippen LogP contribution in [0.25, 0.3) is 0 Å². The van der Waals surface area contributed by atoms with Gasteiger partial charge in [-0.15, -0.1) is 0 Å². The van der Waals surface area contributed by atoms with Crippen LogP contribution in [0.15, 0.2) is 18.2 Å². The van der Waals surface area contributed by atoms with Crippen LogP contribution in [0, 0.1) is 0 Å². The fourth-order valence-corrected chi connectivity index (χ4v) is 3.67. The van der Waals surface area contributed by atoms with E-state index in [9.17, 15) is 5.11 Å². The maximum atomic E-state index is 10.2. The summed E-state index contributed by atoms with van der Waals surface area (Å²) in [6.07, 6.45) is 5.59. The summed E-state index contributed by atoms with van der Waals surface area (Å²) in [5.41, 5.74) is 2.83. The summed E-state index contributed by atoms with van der Waals surface area (Å²) in [4.78, 5) is 2.37. The van der Waals surface area contributed by atoms with E-state index >= 15 is 0 Å². The number of hydrogen-bond donors (Lipinski definition) is 2. The van der Waals surface area contributed by atoms with E-state index in [1.54, 1.807) is 7.11 Å². The predicted molar refractivity (Wildman–Crippen MR) is 88.5 cm³/mol. The molecule has 4 nitrogen and oxygen atoms in total. The molecule has 0 spiro atoms. The van der Waals surface area contributed by atoms with Gasteiger partial charge in [-0.2, -0.15) is 0 Å². The van der Waals surface area contributed by atoms with E-state index in [0.29, 0.717) is 12.6 Å². The summed E-state index contributed by atoms with van der Waals surface area (Å²) in [6.45, 7) is 3.80. The van der Waals surface area contributed by atoms with Gasteiger partial charge in [0.2, 0.25) is 0 Å². The zero-order valence-corrected chi connectivity index (χ0v) is 13.6. The second-order valence-electron chi connectivity index (χ2n) is 6.64. The molecule has 0 saturated carbocycles. The summed E-state index contributed by atoms with van der Waals surface area (Å²) >= 11 is 0. The predicted octanol–water partition coefficient (Wildman–Crippen LogP) is 1.60. The molecule has 1 fully saturated rings. The molecular weight excluding hydrogens is 276 g/mol. The number of aryl methyl sites for hydroxylation is 1. The fourth-order valence-electron chi connectivity index (χ4n) is 3.67. The number of hydrogen-bond acceptors (Lipinski definition) is 4. The van der Waals surface area contributed by atoms with Gasteiger partial charge in [0.25, 0.3) is 0 Å². The van der Waals surface area contributed by atoms with Gasteiger partial charge >= 0.3 is 0 Å². The van der Waals surface area contributed by atoms with E-state index in [0.717, 1.165) is 44.6 Å². The Kier molecular flexibility index (Phi) is 5.34. The number of methoxy groups -OCH3 is 1. The minimum atomic E-state index is -0.259. The number of aliphatic hydroxyl groups excluding tert-OH is 1. The molecule has 1 aliphatic heterocycles. The van der Waals surface area contributed by atoms with E-state index in [1.165, 1.54) is 24.0 Å². The van der Waals surface area contributed by atoms with Crippen LogP contribution in [0.3, 0.4) is 0 Å². The standard InChI is InChI=1S/C18H28N2O2/c1-22-18-7-5-14-4-6-16(10-15(14)11-18)19-12-17(21)13-20-8-2-3-9-20/h5,7,11,16-17,19,21H,2-4,6,8-10,12-13H2,1H3. The molecule has 2 atom stereocenters. The van der Waals surface area contributed by atoms with Crippen molar-refractivity contribution in [1.82, 2.24) is 10.2 Å². The summed E-state index contributed by atoms with van der Waals surface area (Å²) in [5.74, 6) is 0.938. The molecule has 2 unspecified atom stereocenters. The van der Waals surface area contributed by atoms with Gasteiger partial charge in [-0.1, -0.05) is 6.07 Å². The molecule has 0 amide bonds. The van der Waals surface area contributed by atoms with Crippen molar-refractivity contribution < 1.29 is 9.84 Å². The Bertz CT molecular complexity index is 486. The number of aliphatic hydroxyl groups is 1. The van der Waals surface area contributed by atoms with E-state index < -0.39 is 0 Å². The molecule has 22 heavy (non-hydrogen) atoms. The molecular formula is C18H28N2O2. The number of rotatable bonds is 6. The third-order valence-corrected chi connectivity index (χ3v) is 4.95. The van der Waals surface area contributed by atoms with Crippen molar-refractivity contribution in [1.29, 1.82) is 0 Å². The number of nitrogens with one attached hydrogen (secondary N) is 1. The first-order chi connectivity index (χ1) is 10.7. The Morgan fingerprint density at radius 3 is 2.91 bits per heavy atom. The first-order valence-electron chi connectivity index (χ1n) is 8.54. The molecule has 0 aromatic heterocycles. The molecule has 1 aliphatic carbocycles. The number of β-amino-alcohol motifs (C(OH)–C–C–N with tert-alkyl or cyclic N) is 1. The molecule has 1 saturated heterocycles. The SMILES string of the molecule is COc1ccc2c(c1)CC(NCC(O)CN1CCCC1)CC2. The third kappa shape index (κ3) is 4.00. The first-order valence-corrected chi connectivity index (χ1v) is 8.54. The monoisotopic (exact) mass is 304 g/mol. The number of nitrogens with zero attached hydrogens (tertiary/aromatic N) is 1. The lowest BCUT2D eigenvalue weighted by Crippen LogP contribution is -2.42. The van der Waals surface area contributed by atoms with Crippen LogP contribution >= 0.6 is 0 Å². The van der Waals surface area contributed by atoms with Gasteiger partial charge in [0.15, 0.2) is 0 Å². The van der Waals surface area contributed by atoms with Crippen molar-refractivity contribution in [3.8, 4) is 5.75 Å². The van der Waals surface area contributed by atoms with E-state index in [-0.39, 0.29) is 6.10 Å². The van der Waals surface area contributed by atoms with Crippen molar-refractivity contribution in [2.24, 2.45) is 0 Å². The number of likely N-dealkylation sites (tertiary alicyclic amines) is 1. The highest BCUT2D eigenvalue weighted by Gasteiger charge is 2.21. The largest absolute Gasteiger partial charge is 0.497 e. The molecule has 2 N–H and O–H groups in total. The maximum absolute atomic E-state index is 10.2. The fraction of sp³-hybridized carbons (Fsp3) is 0.667. The quantitative estimate of drug-likeness (QED) is 0.838. The Balaban J connectivity index is 1.47. The average molecular weight is 304 g/mol. The van der Waals surface area contributed by atoms with Crippen molar-refractivity contribution in [2.45, 2.75) is 44.2 Å². The van der Waals surface area contributed by atoms with Gasteiger partial charge < -0.3 is 20.1 Å². The van der Waals surface area contributed by atoms with Crippen molar-refractivity contribution >= 4 is 0 Å². The third-order valence-electron chi connectivity index (χ3n) is 4.95. The summed E-state index contributed by atoms with van der Waals surface area (Å²) in [5, 5.41) is 13.7. The van der Waals surface area contributed by atoms with Crippen LogP contribution in [0.1, 0.15) is 30.4 Å². The molecule has 0 bridgehead atoms. The van der Waals surface area contributed by atoms with E-state index in [2.05, 4.69) is 22.3 Å². The van der Waals surface area contributed by atoms with Gasteiger partial charge in [0, 0.05) is 19.1 Å². The van der Waals surface area contributed by atoms with Gasteiger partial charge in [0.05, 0.1) is 13.2 Å². The van der Waals surface area contributed by atoms with Crippen LogP contribution in [-0.4, -0.2) is 55.4 Å². The Morgan fingerprint density at radius 1 is 1.32 bits per heavy atom. The van der Waals surface area contributed by atoms with Crippen LogP contribution in [0.2, 0.25) is 0 Å². The highest BCUT2D eigenvalue weighted by atomic mass is 16.5. The Labute approximate surface area is 133 Å². The number of fused-ring (bicyclic) bond motifs is 1.